The van der Waals surface area contributed by atoms with Crippen molar-refractivity contribution in [3.05, 3.63) is 71.3 Å². The SMILES string of the molecule is O=C(O)c1cccc(CNCc2ccccc2)c1. The van der Waals surface area contributed by atoms with Gasteiger partial charge in [-0.2, -0.15) is 0 Å². The van der Waals surface area contributed by atoms with Crippen molar-refractivity contribution in [3.63, 3.8) is 0 Å². The van der Waals surface area contributed by atoms with Crippen LogP contribution in [0.4, 0.5) is 0 Å². The lowest BCUT2D eigenvalue weighted by Crippen LogP contribution is -2.13. The molecule has 0 aliphatic carbocycles. The molecule has 2 aromatic rings. The van der Waals surface area contributed by atoms with E-state index in [1.54, 1.807) is 18.2 Å². The molecule has 0 bridgehead atoms. The topological polar surface area (TPSA) is 49.3 Å². The Kier molecular flexibility index (Phi) is 4.10. The fraction of sp³-hybridized carbons (Fsp3) is 0.133. The predicted molar refractivity (Wildman–Crippen MR) is 70.4 cm³/mol. The molecular weight excluding hydrogens is 226 g/mol. The maximum Gasteiger partial charge on any atom is 0.335 e. The largest absolute Gasteiger partial charge is 0.478 e. The van der Waals surface area contributed by atoms with Crippen LogP contribution < -0.4 is 5.32 Å². The van der Waals surface area contributed by atoms with Gasteiger partial charge < -0.3 is 10.4 Å². The van der Waals surface area contributed by atoms with Gasteiger partial charge in [0.15, 0.2) is 0 Å². The number of rotatable bonds is 5. The minimum absolute atomic E-state index is 0.328. The second-order valence-corrected chi connectivity index (χ2v) is 4.09. The average molecular weight is 241 g/mol. The smallest absolute Gasteiger partial charge is 0.335 e. The first kappa shape index (κ1) is 12.3. The van der Waals surface area contributed by atoms with Crippen LogP contribution in [0.15, 0.2) is 54.6 Å². The lowest BCUT2D eigenvalue weighted by Gasteiger charge is -2.05. The molecule has 0 spiro atoms. The third-order valence-corrected chi connectivity index (χ3v) is 2.68. The van der Waals surface area contributed by atoms with Gasteiger partial charge >= 0.3 is 5.97 Å². The molecule has 0 aromatic heterocycles. The van der Waals surface area contributed by atoms with Gasteiger partial charge in [-0.1, -0.05) is 42.5 Å². The molecule has 0 radical (unpaired) electrons. The Morgan fingerprint density at radius 3 is 2.33 bits per heavy atom. The summed E-state index contributed by atoms with van der Waals surface area (Å²) in [5.74, 6) is -0.889. The summed E-state index contributed by atoms with van der Waals surface area (Å²) in [6, 6.07) is 17.1. The van der Waals surface area contributed by atoms with Crippen LogP contribution in [0, 0.1) is 0 Å². The molecule has 0 aliphatic rings. The van der Waals surface area contributed by atoms with Crippen molar-refractivity contribution in [3.8, 4) is 0 Å². The van der Waals surface area contributed by atoms with Gasteiger partial charge in [-0.05, 0) is 23.3 Å². The molecule has 0 heterocycles. The number of carboxylic acid groups (broad SMARTS) is 1. The molecule has 2 aromatic carbocycles. The van der Waals surface area contributed by atoms with Crippen LogP contribution in [0.2, 0.25) is 0 Å². The van der Waals surface area contributed by atoms with E-state index in [0.717, 1.165) is 12.1 Å². The number of nitrogens with one attached hydrogen (secondary N) is 1. The highest BCUT2D eigenvalue weighted by Crippen LogP contribution is 2.05. The van der Waals surface area contributed by atoms with Gasteiger partial charge in [-0.25, -0.2) is 4.79 Å². The monoisotopic (exact) mass is 241 g/mol. The Hall–Kier alpha value is -2.13. The van der Waals surface area contributed by atoms with E-state index in [-0.39, 0.29) is 0 Å². The molecular formula is C15H15NO2. The Morgan fingerprint density at radius 2 is 1.61 bits per heavy atom. The first-order chi connectivity index (χ1) is 8.75. The van der Waals surface area contributed by atoms with Crippen LogP contribution in [-0.2, 0) is 13.1 Å². The van der Waals surface area contributed by atoms with Crippen molar-refractivity contribution < 1.29 is 9.90 Å². The normalized spacial score (nSPS) is 10.2. The van der Waals surface area contributed by atoms with E-state index < -0.39 is 5.97 Å². The average Bonchev–Trinajstić information content (AvgIpc) is 2.40. The van der Waals surface area contributed by atoms with Gasteiger partial charge in [-0.15, -0.1) is 0 Å². The first-order valence-electron chi connectivity index (χ1n) is 5.82. The summed E-state index contributed by atoms with van der Waals surface area (Å²) in [5.41, 5.74) is 2.52. The zero-order valence-electron chi connectivity index (χ0n) is 9.97. The maximum atomic E-state index is 10.8. The molecule has 0 amide bonds. The molecule has 3 heteroatoms. The van der Waals surface area contributed by atoms with Gasteiger partial charge in [0.05, 0.1) is 5.56 Å². The van der Waals surface area contributed by atoms with E-state index in [1.165, 1.54) is 5.56 Å². The number of aromatic carboxylic acids is 1. The highest BCUT2D eigenvalue weighted by atomic mass is 16.4. The molecule has 0 fully saturated rings. The molecule has 2 rings (SSSR count). The van der Waals surface area contributed by atoms with Crippen molar-refractivity contribution in [1.82, 2.24) is 5.32 Å². The van der Waals surface area contributed by atoms with Gasteiger partial charge in [0.25, 0.3) is 0 Å². The number of carboxylic acids is 1. The summed E-state index contributed by atoms with van der Waals surface area (Å²) in [6.45, 7) is 1.44. The Balaban J connectivity index is 1.90. The molecule has 18 heavy (non-hydrogen) atoms. The van der Waals surface area contributed by atoms with E-state index in [9.17, 15) is 4.79 Å². The minimum atomic E-state index is -0.889. The quantitative estimate of drug-likeness (QED) is 0.846. The van der Waals surface area contributed by atoms with E-state index >= 15 is 0 Å². The molecule has 0 unspecified atom stereocenters. The first-order valence-corrected chi connectivity index (χ1v) is 5.82. The molecule has 0 atom stereocenters. The highest BCUT2D eigenvalue weighted by Gasteiger charge is 2.02. The van der Waals surface area contributed by atoms with E-state index in [4.69, 9.17) is 5.11 Å². The Bertz CT molecular complexity index is 523. The number of carbonyl (C=O) groups is 1. The fourth-order valence-corrected chi connectivity index (χ4v) is 1.76. The predicted octanol–water partition coefficient (Wildman–Crippen LogP) is 2.67. The second kappa shape index (κ2) is 5.98. The van der Waals surface area contributed by atoms with Gasteiger partial charge in [0.1, 0.15) is 0 Å². The number of benzene rings is 2. The summed E-state index contributed by atoms with van der Waals surface area (Å²) in [6.07, 6.45) is 0. The zero-order chi connectivity index (χ0) is 12.8. The minimum Gasteiger partial charge on any atom is -0.478 e. The van der Waals surface area contributed by atoms with Crippen LogP contribution in [0.25, 0.3) is 0 Å². The number of hydrogen-bond donors (Lipinski definition) is 2. The maximum absolute atomic E-state index is 10.8. The van der Waals surface area contributed by atoms with Crippen molar-refractivity contribution in [1.29, 1.82) is 0 Å². The van der Waals surface area contributed by atoms with Crippen LogP contribution in [0.5, 0.6) is 0 Å². The molecule has 2 N–H and O–H groups in total. The molecule has 3 nitrogen and oxygen atoms in total. The standard InChI is InChI=1S/C15H15NO2/c17-15(18)14-8-4-7-13(9-14)11-16-10-12-5-2-1-3-6-12/h1-9,16H,10-11H2,(H,17,18). The summed E-state index contributed by atoms with van der Waals surface area (Å²) in [4.78, 5) is 10.8. The lowest BCUT2D eigenvalue weighted by molar-refractivity contribution is 0.0696. The zero-order valence-corrected chi connectivity index (χ0v) is 9.97. The summed E-state index contributed by atoms with van der Waals surface area (Å²) in [7, 11) is 0. The Labute approximate surface area is 106 Å². The van der Waals surface area contributed by atoms with Crippen molar-refractivity contribution in [2.24, 2.45) is 0 Å². The fourth-order valence-electron chi connectivity index (χ4n) is 1.76. The number of hydrogen-bond acceptors (Lipinski definition) is 2. The van der Waals surface area contributed by atoms with Crippen molar-refractivity contribution >= 4 is 5.97 Å². The summed E-state index contributed by atoms with van der Waals surface area (Å²) >= 11 is 0. The third-order valence-electron chi connectivity index (χ3n) is 2.68. The van der Waals surface area contributed by atoms with Gasteiger partial charge in [0.2, 0.25) is 0 Å². The van der Waals surface area contributed by atoms with Crippen molar-refractivity contribution in [2.75, 3.05) is 0 Å². The van der Waals surface area contributed by atoms with Crippen LogP contribution >= 0.6 is 0 Å². The summed E-state index contributed by atoms with van der Waals surface area (Å²) in [5, 5.41) is 12.2. The Morgan fingerprint density at radius 1 is 0.944 bits per heavy atom. The van der Waals surface area contributed by atoms with E-state index in [1.807, 2.05) is 24.3 Å². The van der Waals surface area contributed by atoms with E-state index in [0.29, 0.717) is 12.1 Å². The molecule has 0 saturated carbocycles. The van der Waals surface area contributed by atoms with Crippen LogP contribution in [-0.4, -0.2) is 11.1 Å². The van der Waals surface area contributed by atoms with Gasteiger partial charge in [-0.3, -0.25) is 0 Å². The van der Waals surface area contributed by atoms with Crippen LogP contribution in [0.1, 0.15) is 21.5 Å². The van der Waals surface area contributed by atoms with Gasteiger partial charge in [0, 0.05) is 13.1 Å². The second-order valence-electron chi connectivity index (χ2n) is 4.09. The third kappa shape index (κ3) is 3.43. The van der Waals surface area contributed by atoms with Crippen LogP contribution in [0.3, 0.4) is 0 Å². The summed E-state index contributed by atoms with van der Waals surface area (Å²) < 4.78 is 0. The van der Waals surface area contributed by atoms with E-state index in [2.05, 4.69) is 17.4 Å². The molecule has 0 saturated heterocycles. The highest BCUT2D eigenvalue weighted by molar-refractivity contribution is 5.87. The molecule has 0 aliphatic heterocycles. The van der Waals surface area contributed by atoms with Crippen molar-refractivity contribution in [2.45, 2.75) is 13.1 Å². The lowest BCUT2D eigenvalue weighted by atomic mass is 10.1. The molecule has 92 valence electrons.